The summed E-state index contributed by atoms with van der Waals surface area (Å²) in [6, 6.07) is 10.2. The summed E-state index contributed by atoms with van der Waals surface area (Å²) in [7, 11) is 0. The van der Waals surface area contributed by atoms with Crippen molar-refractivity contribution in [3.8, 4) is 0 Å². The summed E-state index contributed by atoms with van der Waals surface area (Å²) in [6.45, 7) is 7.40. The third-order valence-corrected chi connectivity index (χ3v) is 4.34. The first-order valence-electron chi connectivity index (χ1n) is 8.08. The van der Waals surface area contributed by atoms with Crippen molar-refractivity contribution in [3.63, 3.8) is 0 Å². The lowest BCUT2D eigenvalue weighted by molar-refractivity contribution is -0.138. The zero-order valence-corrected chi connectivity index (χ0v) is 13.6. The summed E-state index contributed by atoms with van der Waals surface area (Å²) in [6.07, 6.45) is 1.47. The van der Waals surface area contributed by atoms with Crippen LogP contribution in [0.5, 0.6) is 0 Å². The fourth-order valence-electron chi connectivity index (χ4n) is 3.29. The van der Waals surface area contributed by atoms with Crippen molar-refractivity contribution < 1.29 is 14.3 Å². The number of amides is 1. The van der Waals surface area contributed by atoms with Gasteiger partial charge in [0.2, 0.25) is 5.91 Å². The van der Waals surface area contributed by atoms with Gasteiger partial charge in [-0.3, -0.25) is 4.79 Å². The molecule has 3 atom stereocenters. The maximum absolute atomic E-state index is 12.7. The van der Waals surface area contributed by atoms with Crippen LogP contribution in [0.3, 0.4) is 0 Å². The Balaban J connectivity index is 1.63. The Bertz CT molecular complexity index is 523. The van der Waals surface area contributed by atoms with Gasteiger partial charge >= 0.3 is 0 Å². The second-order valence-electron chi connectivity index (χ2n) is 7.18. The molecule has 0 saturated carbocycles. The third kappa shape index (κ3) is 3.18. The number of carbonyl (C=O) groups excluding carboxylic acids is 1. The van der Waals surface area contributed by atoms with Crippen molar-refractivity contribution in [2.24, 2.45) is 5.92 Å². The first-order valence-corrected chi connectivity index (χ1v) is 8.08. The van der Waals surface area contributed by atoms with Gasteiger partial charge in [0.05, 0.1) is 18.2 Å². The van der Waals surface area contributed by atoms with Gasteiger partial charge in [0.15, 0.2) is 6.23 Å². The average Bonchev–Trinajstić information content (AvgIpc) is 3.00. The second kappa shape index (κ2) is 6.01. The van der Waals surface area contributed by atoms with Gasteiger partial charge in [-0.25, -0.2) is 0 Å². The van der Waals surface area contributed by atoms with Crippen molar-refractivity contribution in [2.45, 2.75) is 51.5 Å². The summed E-state index contributed by atoms with van der Waals surface area (Å²) >= 11 is 0. The lowest BCUT2D eigenvalue weighted by Crippen LogP contribution is -2.32. The van der Waals surface area contributed by atoms with Crippen LogP contribution in [0.1, 0.15) is 45.4 Å². The van der Waals surface area contributed by atoms with Crippen LogP contribution in [0.2, 0.25) is 0 Å². The molecule has 2 aliphatic rings. The Morgan fingerprint density at radius 1 is 1.27 bits per heavy atom. The van der Waals surface area contributed by atoms with Crippen molar-refractivity contribution >= 4 is 5.91 Å². The number of hydrogen-bond acceptors (Lipinski definition) is 3. The molecule has 0 aliphatic carbocycles. The summed E-state index contributed by atoms with van der Waals surface area (Å²) in [5.74, 6) is 0.288. The Kier molecular flexibility index (Phi) is 4.24. The largest absolute Gasteiger partial charge is 0.376 e. The Morgan fingerprint density at radius 2 is 2.00 bits per heavy atom. The third-order valence-electron chi connectivity index (χ3n) is 4.34. The van der Waals surface area contributed by atoms with Crippen molar-refractivity contribution in [3.05, 3.63) is 35.9 Å². The molecule has 2 fully saturated rings. The molecule has 3 rings (SSSR count). The predicted molar refractivity (Wildman–Crippen MR) is 84.2 cm³/mol. The highest BCUT2D eigenvalue weighted by molar-refractivity contribution is 5.82. The number of nitrogens with zero attached hydrogens (tertiary/aromatic N) is 1. The molecule has 1 aromatic carbocycles. The Labute approximate surface area is 132 Å². The van der Waals surface area contributed by atoms with Gasteiger partial charge in [-0.15, -0.1) is 0 Å². The zero-order valence-electron chi connectivity index (χ0n) is 13.6. The van der Waals surface area contributed by atoms with Crippen LogP contribution in [-0.4, -0.2) is 35.7 Å². The molecule has 2 heterocycles. The molecule has 0 spiro atoms. The van der Waals surface area contributed by atoms with E-state index in [0.717, 1.165) is 18.4 Å². The van der Waals surface area contributed by atoms with E-state index in [2.05, 4.69) is 0 Å². The van der Waals surface area contributed by atoms with E-state index in [4.69, 9.17) is 9.47 Å². The minimum atomic E-state index is -0.216. The quantitative estimate of drug-likeness (QED) is 0.858. The first kappa shape index (κ1) is 15.5. The van der Waals surface area contributed by atoms with Crippen LogP contribution < -0.4 is 0 Å². The molecule has 4 nitrogen and oxygen atoms in total. The van der Waals surface area contributed by atoms with E-state index in [1.54, 1.807) is 0 Å². The predicted octanol–water partition coefficient (Wildman–Crippen LogP) is 3.14. The summed E-state index contributed by atoms with van der Waals surface area (Å²) in [4.78, 5) is 14.7. The minimum absolute atomic E-state index is 0.0717. The second-order valence-corrected chi connectivity index (χ2v) is 7.18. The van der Waals surface area contributed by atoms with Crippen LogP contribution in [-0.2, 0) is 14.3 Å². The molecule has 2 saturated heterocycles. The SMILES string of the molecule is CC(C)(C)OCC[C@H]1C[C@H]2CO[C@H](c3ccccc3)N2C1=O. The average molecular weight is 303 g/mol. The van der Waals surface area contributed by atoms with E-state index in [0.29, 0.717) is 13.2 Å². The van der Waals surface area contributed by atoms with Gasteiger partial charge < -0.3 is 14.4 Å². The van der Waals surface area contributed by atoms with Crippen LogP contribution in [0.15, 0.2) is 30.3 Å². The summed E-state index contributed by atoms with van der Waals surface area (Å²) in [5, 5.41) is 0. The van der Waals surface area contributed by atoms with E-state index < -0.39 is 0 Å². The lowest BCUT2D eigenvalue weighted by atomic mass is 10.0. The molecule has 4 heteroatoms. The first-order chi connectivity index (χ1) is 10.5. The highest BCUT2D eigenvalue weighted by Crippen LogP contribution is 2.40. The van der Waals surface area contributed by atoms with Crippen molar-refractivity contribution in [1.82, 2.24) is 4.90 Å². The Morgan fingerprint density at radius 3 is 2.68 bits per heavy atom. The van der Waals surface area contributed by atoms with E-state index in [9.17, 15) is 4.79 Å². The molecule has 2 aliphatic heterocycles. The number of rotatable bonds is 4. The molecule has 0 bridgehead atoms. The molecule has 0 N–H and O–H groups in total. The van der Waals surface area contributed by atoms with E-state index in [-0.39, 0.29) is 29.7 Å². The smallest absolute Gasteiger partial charge is 0.228 e. The lowest BCUT2D eigenvalue weighted by Gasteiger charge is -2.24. The monoisotopic (exact) mass is 303 g/mol. The van der Waals surface area contributed by atoms with Crippen LogP contribution in [0, 0.1) is 5.92 Å². The van der Waals surface area contributed by atoms with Crippen molar-refractivity contribution in [2.75, 3.05) is 13.2 Å². The van der Waals surface area contributed by atoms with Gasteiger partial charge in [-0.1, -0.05) is 30.3 Å². The van der Waals surface area contributed by atoms with Crippen LogP contribution >= 0.6 is 0 Å². The number of benzene rings is 1. The van der Waals surface area contributed by atoms with Gasteiger partial charge in [0, 0.05) is 18.1 Å². The number of ether oxygens (including phenoxy) is 2. The topological polar surface area (TPSA) is 38.8 Å². The minimum Gasteiger partial charge on any atom is -0.376 e. The molecular formula is C18H25NO3. The summed E-state index contributed by atoms with van der Waals surface area (Å²) in [5.41, 5.74) is 0.915. The molecule has 1 amide bonds. The molecule has 120 valence electrons. The fourth-order valence-corrected chi connectivity index (χ4v) is 3.29. The standard InChI is InChI=1S/C18H25NO3/c1-18(2,3)22-10-9-14-11-15-12-21-17(19(15)16(14)20)13-7-5-4-6-8-13/h4-8,14-15,17H,9-12H2,1-3H3/t14-,15-,17+/m0/s1. The van der Waals surface area contributed by atoms with E-state index >= 15 is 0 Å². The zero-order chi connectivity index (χ0) is 15.7. The molecule has 0 radical (unpaired) electrons. The van der Waals surface area contributed by atoms with Crippen LogP contribution in [0.25, 0.3) is 0 Å². The maximum Gasteiger partial charge on any atom is 0.228 e. The Hall–Kier alpha value is -1.39. The van der Waals surface area contributed by atoms with Gasteiger partial charge in [0.25, 0.3) is 0 Å². The highest BCUT2D eigenvalue weighted by Gasteiger charge is 2.47. The van der Waals surface area contributed by atoms with Gasteiger partial charge in [-0.2, -0.15) is 0 Å². The molecule has 0 unspecified atom stereocenters. The highest BCUT2D eigenvalue weighted by atomic mass is 16.5. The molecule has 22 heavy (non-hydrogen) atoms. The summed E-state index contributed by atoms with van der Waals surface area (Å²) < 4.78 is 11.6. The number of hydrogen-bond donors (Lipinski definition) is 0. The van der Waals surface area contributed by atoms with E-state index in [1.807, 2.05) is 56.0 Å². The van der Waals surface area contributed by atoms with Crippen molar-refractivity contribution in [1.29, 1.82) is 0 Å². The molecule has 1 aromatic rings. The molecule has 0 aromatic heterocycles. The van der Waals surface area contributed by atoms with E-state index in [1.165, 1.54) is 0 Å². The normalized spacial score (nSPS) is 28.2. The molecular weight excluding hydrogens is 278 g/mol. The van der Waals surface area contributed by atoms with Gasteiger partial charge in [-0.05, 0) is 33.6 Å². The van der Waals surface area contributed by atoms with Gasteiger partial charge in [0.1, 0.15) is 0 Å². The number of carbonyl (C=O) groups is 1. The maximum atomic E-state index is 12.7. The number of fused-ring (bicyclic) bond motifs is 1. The van der Waals surface area contributed by atoms with Crippen LogP contribution in [0.4, 0.5) is 0 Å². The fraction of sp³-hybridized carbons (Fsp3) is 0.611.